The molecule has 0 spiro atoms. The lowest BCUT2D eigenvalue weighted by Gasteiger charge is -2.28. The standard InChI is InChI=1S/C38H35F2N5O4S/c1-4-32(24-12-7-5-8-13-24)43(2)22-29-33-35(46)45(27-14-9-6-10-15-27)38(48)44(23-28-30(39)16-11-17-31(28)40)36(33)50-34(29)25-18-20-26(21-19-25)41-37(47)42-49-3/h5-21,32H,4,22-23H2,1-3H3,(H2,41,42,47). The summed E-state index contributed by atoms with van der Waals surface area (Å²) in [6.07, 6.45) is 0.785. The average Bonchev–Trinajstić information content (AvgIpc) is 3.48. The first-order chi connectivity index (χ1) is 24.2. The molecule has 0 bridgehead atoms. The number of para-hydroxylation sites is 1. The van der Waals surface area contributed by atoms with Crippen molar-refractivity contribution in [2.75, 3.05) is 19.5 Å². The quantitative estimate of drug-likeness (QED) is 0.137. The van der Waals surface area contributed by atoms with Gasteiger partial charge >= 0.3 is 11.7 Å². The number of carbonyl (C=O) groups excluding carboxylic acids is 1. The number of aromatic nitrogens is 2. The Labute approximate surface area is 291 Å². The van der Waals surface area contributed by atoms with Crippen molar-refractivity contribution in [3.05, 3.63) is 152 Å². The molecule has 6 aromatic rings. The lowest BCUT2D eigenvalue weighted by Crippen LogP contribution is -2.39. The van der Waals surface area contributed by atoms with Gasteiger partial charge in [0.1, 0.15) is 16.5 Å². The third kappa shape index (κ3) is 6.86. The van der Waals surface area contributed by atoms with Gasteiger partial charge < -0.3 is 5.32 Å². The summed E-state index contributed by atoms with van der Waals surface area (Å²) in [6, 6.07) is 28.6. The Hall–Kier alpha value is -5.43. The van der Waals surface area contributed by atoms with E-state index in [1.54, 1.807) is 54.6 Å². The van der Waals surface area contributed by atoms with Crippen molar-refractivity contribution in [1.82, 2.24) is 19.5 Å². The van der Waals surface area contributed by atoms with Gasteiger partial charge in [0, 0.05) is 28.7 Å². The van der Waals surface area contributed by atoms with Crippen molar-refractivity contribution in [3.8, 4) is 16.1 Å². The SMILES string of the molecule is CCC(c1ccccc1)N(C)Cc1c(-c2ccc(NC(=O)NOC)cc2)sc2c1c(=O)n(-c1ccccc1)c(=O)n2Cc1c(F)cccc1F. The fourth-order valence-electron chi connectivity index (χ4n) is 6.23. The van der Waals surface area contributed by atoms with Gasteiger partial charge in [-0.2, -0.15) is 0 Å². The summed E-state index contributed by atoms with van der Waals surface area (Å²) in [4.78, 5) is 48.8. The number of nitrogens with zero attached hydrogens (tertiary/aromatic N) is 3. The van der Waals surface area contributed by atoms with E-state index < -0.39 is 35.5 Å². The van der Waals surface area contributed by atoms with E-state index in [0.29, 0.717) is 33.2 Å². The maximum absolute atomic E-state index is 15.1. The van der Waals surface area contributed by atoms with Crippen LogP contribution < -0.4 is 22.0 Å². The van der Waals surface area contributed by atoms with E-state index in [4.69, 9.17) is 0 Å². The number of amides is 2. The average molecular weight is 696 g/mol. The molecule has 0 saturated heterocycles. The second-order valence-electron chi connectivity index (χ2n) is 11.7. The Balaban J connectivity index is 1.61. The van der Waals surface area contributed by atoms with Crippen LogP contribution in [0, 0.1) is 11.6 Å². The van der Waals surface area contributed by atoms with Gasteiger partial charge in [0.15, 0.2) is 0 Å². The van der Waals surface area contributed by atoms with Crippen molar-refractivity contribution in [2.24, 2.45) is 0 Å². The fraction of sp³-hybridized carbons (Fsp3) is 0.184. The molecule has 9 nitrogen and oxygen atoms in total. The van der Waals surface area contributed by atoms with Gasteiger partial charge in [-0.05, 0) is 66.6 Å². The molecule has 50 heavy (non-hydrogen) atoms. The van der Waals surface area contributed by atoms with Crippen molar-refractivity contribution in [3.63, 3.8) is 0 Å². The van der Waals surface area contributed by atoms with Gasteiger partial charge in [-0.25, -0.2) is 28.4 Å². The van der Waals surface area contributed by atoms with Gasteiger partial charge in [0.25, 0.3) is 5.56 Å². The largest absolute Gasteiger partial charge is 0.343 e. The van der Waals surface area contributed by atoms with Gasteiger partial charge in [0.05, 0.1) is 24.7 Å². The third-order valence-electron chi connectivity index (χ3n) is 8.58. The molecular weight excluding hydrogens is 661 g/mol. The first-order valence-corrected chi connectivity index (χ1v) is 16.8. The Bertz CT molecular complexity index is 2230. The number of benzene rings is 4. The first kappa shape index (κ1) is 34.4. The number of urea groups is 1. The van der Waals surface area contributed by atoms with Crippen LogP contribution in [-0.2, 0) is 17.9 Å². The zero-order valence-electron chi connectivity index (χ0n) is 27.7. The second kappa shape index (κ2) is 15.0. The zero-order chi connectivity index (χ0) is 35.4. The highest BCUT2D eigenvalue weighted by molar-refractivity contribution is 7.22. The number of carbonyl (C=O) groups is 1. The van der Waals surface area contributed by atoms with E-state index in [9.17, 15) is 14.4 Å². The molecule has 6 rings (SSSR count). The van der Waals surface area contributed by atoms with Crippen LogP contribution in [0.3, 0.4) is 0 Å². The molecule has 0 aliphatic carbocycles. The molecule has 0 radical (unpaired) electrons. The van der Waals surface area contributed by atoms with Gasteiger partial charge in [-0.1, -0.05) is 73.7 Å². The maximum Gasteiger partial charge on any atom is 0.343 e. The predicted octanol–water partition coefficient (Wildman–Crippen LogP) is 7.47. The monoisotopic (exact) mass is 695 g/mol. The molecule has 1 atom stereocenters. The minimum atomic E-state index is -0.798. The molecule has 0 aliphatic rings. The molecule has 2 amide bonds. The second-order valence-corrected chi connectivity index (χ2v) is 12.7. The minimum Gasteiger partial charge on any atom is -0.306 e. The minimum absolute atomic E-state index is 0.000336. The molecule has 0 saturated carbocycles. The van der Waals surface area contributed by atoms with E-state index in [2.05, 4.69) is 39.6 Å². The summed E-state index contributed by atoms with van der Waals surface area (Å²) in [7, 11) is 3.31. The van der Waals surface area contributed by atoms with Crippen LogP contribution in [0.4, 0.5) is 19.3 Å². The lowest BCUT2D eigenvalue weighted by atomic mass is 10.0. The van der Waals surface area contributed by atoms with E-state index in [-0.39, 0.29) is 17.0 Å². The smallest absolute Gasteiger partial charge is 0.306 e. The number of thiophene rings is 1. The van der Waals surface area contributed by atoms with Crippen LogP contribution in [0.25, 0.3) is 26.3 Å². The van der Waals surface area contributed by atoms with Gasteiger partial charge in [0.2, 0.25) is 0 Å². The van der Waals surface area contributed by atoms with Crippen molar-refractivity contribution >= 4 is 33.3 Å². The molecule has 0 aliphatic heterocycles. The first-order valence-electron chi connectivity index (χ1n) is 16.0. The normalized spacial score (nSPS) is 12.0. The summed E-state index contributed by atoms with van der Waals surface area (Å²) in [5.41, 5.74) is 3.99. The molecule has 2 heterocycles. The van der Waals surface area contributed by atoms with E-state index in [1.165, 1.54) is 29.1 Å². The molecule has 12 heteroatoms. The van der Waals surface area contributed by atoms with Crippen LogP contribution in [0.1, 0.15) is 36.1 Å². The highest BCUT2D eigenvalue weighted by Crippen LogP contribution is 2.40. The summed E-state index contributed by atoms with van der Waals surface area (Å²) in [5, 5.41) is 2.95. The highest BCUT2D eigenvalue weighted by Gasteiger charge is 2.27. The molecular formula is C38H35F2N5O4S. The van der Waals surface area contributed by atoms with Crippen molar-refractivity contribution in [2.45, 2.75) is 32.5 Å². The van der Waals surface area contributed by atoms with Gasteiger partial charge in [-0.15, -0.1) is 11.3 Å². The number of rotatable bonds is 11. The molecule has 0 fully saturated rings. The topological polar surface area (TPSA) is 97.6 Å². The number of fused-ring (bicyclic) bond motifs is 1. The number of anilines is 1. The van der Waals surface area contributed by atoms with Gasteiger partial charge in [-0.3, -0.25) is 19.1 Å². The number of nitrogens with one attached hydrogen (secondary N) is 2. The predicted molar refractivity (Wildman–Crippen MR) is 193 cm³/mol. The Morgan fingerprint density at radius 1 is 0.880 bits per heavy atom. The highest BCUT2D eigenvalue weighted by atomic mass is 32.1. The van der Waals surface area contributed by atoms with Crippen LogP contribution >= 0.6 is 11.3 Å². The summed E-state index contributed by atoms with van der Waals surface area (Å²) < 4.78 is 32.5. The van der Waals surface area contributed by atoms with Crippen LogP contribution in [-0.4, -0.2) is 34.2 Å². The molecule has 2 N–H and O–H groups in total. The van der Waals surface area contributed by atoms with Crippen molar-refractivity contribution in [1.29, 1.82) is 0 Å². The Morgan fingerprint density at radius 3 is 2.14 bits per heavy atom. The lowest BCUT2D eigenvalue weighted by molar-refractivity contribution is 0.114. The number of hydrogen-bond donors (Lipinski definition) is 2. The van der Waals surface area contributed by atoms with Crippen LogP contribution in [0.2, 0.25) is 0 Å². The summed E-state index contributed by atoms with van der Waals surface area (Å²) in [6.45, 7) is 1.97. The van der Waals surface area contributed by atoms with Crippen LogP contribution in [0.15, 0.2) is 113 Å². The third-order valence-corrected chi connectivity index (χ3v) is 9.88. The molecule has 1 unspecified atom stereocenters. The number of hydroxylamine groups is 1. The number of halogens is 2. The fourth-order valence-corrected chi connectivity index (χ4v) is 7.53. The molecule has 256 valence electrons. The van der Waals surface area contributed by atoms with Crippen molar-refractivity contribution < 1.29 is 18.4 Å². The Morgan fingerprint density at radius 2 is 1.52 bits per heavy atom. The summed E-state index contributed by atoms with van der Waals surface area (Å²) >= 11 is 1.21. The van der Waals surface area contributed by atoms with E-state index in [1.807, 2.05) is 25.2 Å². The van der Waals surface area contributed by atoms with E-state index >= 15 is 8.78 Å². The number of hydrogen-bond acceptors (Lipinski definition) is 6. The zero-order valence-corrected chi connectivity index (χ0v) is 28.5. The van der Waals surface area contributed by atoms with E-state index in [0.717, 1.165) is 34.2 Å². The van der Waals surface area contributed by atoms with Crippen LogP contribution in [0.5, 0.6) is 0 Å². The molecule has 2 aromatic heterocycles. The maximum atomic E-state index is 15.1. The Kier molecular flexibility index (Phi) is 10.3. The summed E-state index contributed by atoms with van der Waals surface area (Å²) in [5.74, 6) is -1.60. The molecule has 4 aromatic carbocycles.